The van der Waals surface area contributed by atoms with Gasteiger partial charge in [0.1, 0.15) is 5.75 Å². The van der Waals surface area contributed by atoms with E-state index in [1.54, 1.807) is 7.11 Å². The van der Waals surface area contributed by atoms with Gasteiger partial charge in [0.2, 0.25) is 0 Å². The predicted octanol–water partition coefficient (Wildman–Crippen LogP) is 0.496. The van der Waals surface area contributed by atoms with Crippen LogP contribution >= 0.6 is 0 Å². The molecule has 25 heavy (non-hydrogen) atoms. The molecule has 4 N–H and O–H groups in total. The Labute approximate surface area is 150 Å². The molecule has 6 heteroatoms. The summed E-state index contributed by atoms with van der Waals surface area (Å²) in [7, 11) is 1.67. The molecule has 1 heterocycles. The van der Waals surface area contributed by atoms with E-state index in [2.05, 4.69) is 21.9 Å². The summed E-state index contributed by atoms with van der Waals surface area (Å²) in [6.45, 7) is 4.34. The van der Waals surface area contributed by atoms with Gasteiger partial charge in [-0.2, -0.15) is 0 Å². The topological polar surface area (TPSA) is 82.2 Å². The van der Waals surface area contributed by atoms with Crippen molar-refractivity contribution in [1.29, 1.82) is 0 Å². The van der Waals surface area contributed by atoms with Crippen molar-refractivity contribution in [1.82, 2.24) is 9.80 Å². The molecule has 3 rings (SSSR count). The van der Waals surface area contributed by atoms with Crippen molar-refractivity contribution in [3.63, 3.8) is 0 Å². The lowest BCUT2D eigenvalue weighted by Crippen LogP contribution is -2.52. The van der Waals surface area contributed by atoms with E-state index in [0.717, 1.165) is 50.5 Å². The Balaban J connectivity index is 1.63. The molecular formula is C19H31N3O3. The fraction of sp³-hybridized carbons (Fsp3) is 0.684. The van der Waals surface area contributed by atoms with Crippen LogP contribution in [0, 0.1) is 0 Å². The zero-order valence-electron chi connectivity index (χ0n) is 15.2. The summed E-state index contributed by atoms with van der Waals surface area (Å²) in [6, 6.07) is 4.77. The number of aryl methyl sites for hydroxylation is 1. The maximum atomic E-state index is 9.62. The second-order valence-corrected chi connectivity index (χ2v) is 7.29. The van der Waals surface area contributed by atoms with E-state index in [9.17, 15) is 5.11 Å². The van der Waals surface area contributed by atoms with Crippen molar-refractivity contribution in [2.75, 3.05) is 52.2 Å². The van der Waals surface area contributed by atoms with Gasteiger partial charge in [-0.1, -0.05) is 0 Å². The molecule has 0 aromatic heterocycles. The molecule has 1 aliphatic heterocycles. The van der Waals surface area contributed by atoms with Crippen LogP contribution in [0.1, 0.15) is 24.0 Å². The van der Waals surface area contributed by atoms with Gasteiger partial charge in [0.25, 0.3) is 0 Å². The number of β-amino-alcohol motifs (C(OH)–C–C–N with tert-alkyl or cyclic N) is 1. The lowest BCUT2D eigenvalue weighted by molar-refractivity contribution is 0.0301. The van der Waals surface area contributed by atoms with E-state index in [0.29, 0.717) is 12.6 Å². The molecule has 1 aromatic carbocycles. The van der Waals surface area contributed by atoms with Crippen molar-refractivity contribution in [3.8, 4) is 5.75 Å². The van der Waals surface area contributed by atoms with Crippen LogP contribution in [0.2, 0.25) is 0 Å². The lowest BCUT2D eigenvalue weighted by atomic mass is 9.99. The Kier molecular flexibility index (Phi) is 6.17. The van der Waals surface area contributed by atoms with Crippen molar-refractivity contribution >= 4 is 5.69 Å². The van der Waals surface area contributed by atoms with Crippen LogP contribution in [0.15, 0.2) is 12.1 Å². The first-order chi connectivity index (χ1) is 12.1. The van der Waals surface area contributed by atoms with Gasteiger partial charge in [0.05, 0.1) is 25.5 Å². The Bertz CT molecular complexity index is 573. The van der Waals surface area contributed by atoms with Gasteiger partial charge in [0, 0.05) is 38.8 Å². The van der Waals surface area contributed by atoms with Crippen molar-refractivity contribution < 1.29 is 14.9 Å². The number of nitrogen functional groups attached to an aromatic ring is 1. The first-order valence-electron chi connectivity index (χ1n) is 9.31. The molecule has 140 valence electrons. The molecule has 1 unspecified atom stereocenters. The number of rotatable bonds is 5. The number of nitrogens with two attached hydrogens (primary N) is 1. The number of methoxy groups -OCH3 is 1. The highest BCUT2D eigenvalue weighted by atomic mass is 16.5. The number of aliphatic hydroxyl groups is 2. The van der Waals surface area contributed by atoms with Gasteiger partial charge in [-0.05, 0) is 48.9 Å². The van der Waals surface area contributed by atoms with E-state index < -0.39 is 6.10 Å². The largest absolute Gasteiger partial charge is 0.495 e. The van der Waals surface area contributed by atoms with Crippen LogP contribution in [-0.2, 0) is 12.8 Å². The number of hydrogen-bond donors (Lipinski definition) is 3. The number of nitrogens with zero attached hydrogens (tertiary/aromatic N) is 2. The van der Waals surface area contributed by atoms with Crippen LogP contribution in [0.3, 0.4) is 0 Å². The minimum atomic E-state index is -0.630. The third-order valence-electron chi connectivity index (χ3n) is 5.59. The van der Waals surface area contributed by atoms with Gasteiger partial charge >= 0.3 is 0 Å². The minimum absolute atomic E-state index is 0.162. The number of ether oxygens (including phenoxy) is 1. The van der Waals surface area contributed by atoms with Crippen molar-refractivity contribution in [2.45, 2.75) is 37.8 Å². The first kappa shape index (κ1) is 18.5. The molecule has 0 amide bonds. The molecule has 1 aromatic rings. The summed E-state index contributed by atoms with van der Waals surface area (Å²) in [5.74, 6) is 0.780. The number of benzene rings is 1. The standard InChI is InChI=1S/C19H31N3O3/c1-25-19-11-15-9-16(4-2-3-14(15)10-18(19)20)22-7-5-21(6-8-22)12-17(24)13-23/h10-11,16-17,23-24H,2-9,12-13,20H2,1H3/t16?,17-/m1/s1. The van der Waals surface area contributed by atoms with Crippen LogP contribution in [0.25, 0.3) is 0 Å². The summed E-state index contributed by atoms with van der Waals surface area (Å²) in [5, 5.41) is 18.6. The Morgan fingerprint density at radius 1 is 1.24 bits per heavy atom. The molecule has 0 bridgehead atoms. The Morgan fingerprint density at radius 3 is 2.68 bits per heavy atom. The quantitative estimate of drug-likeness (QED) is 0.530. The molecule has 6 nitrogen and oxygen atoms in total. The lowest BCUT2D eigenvalue weighted by Gasteiger charge is -2.39. The monoisotopic (exact) mass is 349 g/mol. The number of aliphatic hydroxyl groups excluding tert-OH is 2. The van der Waals surface area contributed by atoms with Crippen molar-refractivity contribution in [3.05, 3.63) is 23.3 Å². The maximum absolute atomic E-state index is 9.62. The summed E-state index contributed by atoms with van der Waals surface area (Å²) in [6.07, 6.45) is 3.89. The summed E-state index contributed by atoms with van der Waals surface area (Å²) in [4.78, 5) is 4.82. The second-order valence-electron chi connectivity index (χ2n) is 7.29. The average molecular weight is 349 g/mol. The van der Waals surface area contributed by atoms with Gasteiger partial charge in [0.15, 0.2) is 0 Å². The second kappa shape index (κ2) is 8.36. The van der Waals surface area contributed by atoms with Gasteiger partial charge in [-0.25, -0.2) is 0 Å². The molecule has 0 radical (unpaired) electrons. The molecule has 1 saturated heterocycles. The van der Waals surface area contributed by atoms with Crippen LogP contribution in [0.5, 0.6) is 5.75 Å². The third kappa shape index (κ3) is 4.44. The summed E-state index contributed by atoms with van der Waals surface area (Å²) < 4.78 is 5.40. The Hall–Kier alpha value is -1.34. The first-order valence-corrected chi connectivity index (χ1v) is 9.31. The highest BCUT2D eigenvalue weighted by Crippen LogP contribution is 2.31. The minimum Gasteiger partial charge on any atom is -0.495 e. The molecule has 2 atom stereocenters. The van der Waals surface area contributed by atoms with E-state index >= 15 is 0 Å². The zero-order chi connectivity index (χ0) is 17.8. The van der Waals surface area contributed by atoms with Crippen LogP contribution < -0.4 is 10.5 Å². The van der Waals surface area contributed by atoms with Gasteiger partial charge < -0.3 is 20.7 Å². The van der Waals surface area contributed by atoms with E-state index in [4.69, 9.17) is 15.6 Å². The molecule has 2 aliphatic rings. The molecule has 1 aliphatic carbocycles. The molecular weight excluding hydrogens is 318 g/mol. The average Bonchev–Trinajstić information content (AvgIpc) is 2.83. The van der Waals surface area contributed by atoms with Crippen LogP contribution in [-0.4, -0.2) is 78.6 Å². The van der Waals surface area contributed by atoms with Gasteiger partial charge in [-0.3, -0.25) is 9.80 Å². The highest BCUT2D eigenvalue weighted by Gasteiger charge is 2.27. The van der Waals surface area contributed by atoms with E-state index in [1.165, 1.54) is 24.0 Å². The van der Waals surface area contributed by atoms with E-state index in [-0.39, 0.29) is 6.61 Å². The summed E-state index contributed by atoms with van der Waals surface area (Å²) in [5.41, 5.74) is 9.54. The normalized spacial score (nSPS) is 23.7. The van der Waals surface area contributed by atoms with Crippen molar-refractivity contribution in [2.24, 2.45) is 0 Å². The zero-order valence-corrected chi connectivity index (χ0v) is 15.2. The number of fused-ring (bicyclic) bond motifs is 1. The highest BCUT2D eigenvalue weighted by molar-refractivity contribution is 5.57. The fourth-order valence-electron chi connectivity index (χ4n) is 4.15. The van der Waals surface area contributed by atoms with E-state index in [1.807, 2.05) is 0 Å². The molecule has 1 fully saturated rings. The fourth-order valence-corrected chi connectivity index (χ4v) is 4.15. The summed E-state index contributed by atoms with van der Waals surface area (Å²) >= 11 is 0. The van der Waals surface area contributed by atoms with Gasteiger partial charge in [-0.15, -0.1) is 0 Å². The predicted molar refractivity (Wildman–Crippen MR) is 98.9 cm³/mol. The molecule has 0 saturated carbocycles. The maximum Gasteiger partial charge on any atom is 0.142 e. The number of anilines is 1. The van der Waals surface area contributed by atoms with Crippen LogP contribution in [0.4, 0.5) is 5.69 Å². The third-order valence-corrected chi connectivity index (χ3v) is 5.59. The smallest absolute Gasteiger partial charge is 0.142 e. The SMILES string of the molecule is COc1cc2c(cc1N)CCCC(N1CCN(C[C@@H](O)CO)CC1)C2. The Morgan fingerprint density at radius 2 is 2.00 bits per heavy atom. The number of hydrogen-bond acceptors (Lipinski definition) is 6. The number of piperazine rings is 1. The molecule has 0 spiro atoms.